The molecule has 0 atom stereocenters. The molecule has 0 aromatic heterocycles. The molecule has 29 heavy (non-hydrogen) atoms. The molecule has 0 aliphatic carbocycles. The summed E-state index contributed by atoms with van der Waals surface area (Å²) >= 11 is 23.7. The molecule has 3 aromatic carbocycles. The third-order valence-electron chi connectivity index (χ3n) is 3.76. The molecule has 0 spiro atoms. The van der Waals surface area contributed by atoms with Crippen molar-refractivity contribution in [1.29, 1.82) is 0 Å². The Bertz CT molecular complexity index is 1040. The molecule has 0 saturated heterocycles. The van der Waals surface area contributed by atoms with Gasteiger partial charge in [0.15, 0.2) is 0 Å². The maximum atomic E-state index is 12.9. The first-order valence-corrected chi connectivity index (χ1v) is 9.73. The SMILES string of the molecule is O=C(Nc1ccc(Cl)cc1)N(C(=O)Nc1ccc(Cl)c(Cl)c1)c1ccc(Cl)cc1. The number of carbonyl (C=O) groups is 2. The van der Waals surface area contributed by atoms with Gasteiger partial charge in [0.2, 0.25) is 0 Å². The van der Waals surface area contributed by atoms with Gasteiger partial charge in [-0.3, -0.25) is 0 Å². The molecule has 0 aliphatic rings. The zero-order valence-electron chi connectivity index (χ0n) is 14.6. The van der Waals surface area contributed by atoms with Crippen molar-refractivity contribution in [3.63, 3.8) is 0 Å². The van der Waals surface area contributed by atoms with Crippen molar-refractivity contribution in [2.75, 3.05) is 15.5 Å². The number of anilines is 3. The van der Waals surface area contributed by atoms with Crippen molar-refractivity contribution in [3.05, 3.63) is 86.8 Å². The minimum absolute atomic E-state index is 0.271. The number of imide groups is 1. The van der Waals surface area contributed by atoms with E-state index in [1.54, 1.807) is 60.7 Å². The van der Waals surface area contributed by atoms with Gasteiger partial charge >= 0.3 is 12.1 Å². The maximum absolute atomic E-state index is 12.9. The van der Waals surface area contributed by atoms with Crippen LogP contribution in [0.4, 0.5) is 26.7 Å². The van der Waals surface area contributed by atoms with E-state index in [0.29, 0.717) is 32.1 Å². The summed E-state index contributed by atoms with van der Waals surface area (Å²) in [4.78, 5) is 26.7. The predicted octanol–water partition coefficient (Wildman–Crippen LogP) is 7.57. The predicted molar refractivity (Wildman–Crippen MR) is 120 cm³/mol. The summed E-state index contributed by atoms with van der Waals surface area (Å²) in [7, 11) is 0. The second-order valence-electron chi connectivity index (χ2n) is 5.81. The van der Waals surface area contributed by atoms with Crippen LogP contribution in [0, 0.1) is 0 Å². The lowest BCUT2D eigenvalue weighted by molar-refractivity contribution is 0.246. The van der Waals surface area contributed by atoms with Gasteiger partial charge in [-0.25, -0.2) is 14.5 Å². The normalized spacial score (nSPS) is 10.3. The van der Waals surface area contributed by atoms with E-state index < -0.39 is 12.1 Å². The highest BCUT2D eigenvalue weighted by atomic mass is 35.5. The standard InChI is InChI=1S/C20H13Cl4N3O2/c21-12-1-5-14(6-2-12)25-19(28)27(16-8-3-13(22)4-9-16)20(29)26-15-7-10-17(23)18(24)11-15/h1-11H,(H,25,28)(H,26,29). The first-order valence-electron chi connectivity index (χ1n) is 8.22. The number of hydrogen-bond acceptors (Lipinski definition) is 2. The van der Waals surface area contributed by atoms with Crippen LogP contribution in [0.15, 0.2) is 66.7 Å². The summed E-state index contributed by atoms with van der Waals surface area (Å²) in [5, 5.41) is 6.90. The fourth-order valence-electron chi connectivity index (χ4n) is 2.38. The van der Waals surface area contributed by atoms with E-state index in [4.69, 9.17) is 46.4 Å². The summed E-state index contributed by atoms with van der Waals surface area (Å²) in [6.07, 6.45) is 0. The van der Waals surface area contributed by atoms with Crippen LogP contribution in [0.3, 0.4) is 0 Å². The van der Waals surface area contributed by atoms with E-state index in [1.807, 2.05) is 0 Å². The minimum atomic E-state index is -0.697. The lowest BCUT2D eigenvalue weighted by Gasteiger charge is -2.22. The summed E-state index contributed by atoms with van der Waals surface area (Å²) in [6, 6.07) is 16.0. The molecule has 148 valence electrons. The number of amides is 4. The molecule has 4 amide bonds. The first kappa shape index (κ1) is 21.3. The van der Waals surface area contributed by atoms with E-state index in [2.05, 4.69) is 10.6 Å². The molecule has 0 unspecified atom stereocenters. The Morgan fingerprint density at radius 1 is 0.621 bits per heavy atom. The number of carbonyl (C=O) groups excluding carboxylic acids is 2. The van der Waals surface area contributed by atoms with Gasteiger partial charge in [0.25, 0.3) is 0 Å². The summed E-state index contributed by atoms with van der Waals surface area (Å²) in [6.45, 7) is 0. The van der Waals surface area contributed by atoms with Crippen molar-refractivity contribution in [3.8, 4) is 0 Å². The zero-order valence-corrected chi connectivity index (χ0v) is 17.7. The highest BCUT2D eigenvalue weighted by Crippen LogP contribution is 2.26. The van der Waals surface area contributed by atoms with Gasteiger partial charge in [-0.2, -0.15) is 0 Å². The van der Waals surface area contributed by atoms with Crippen LogP contribution >= 0.6 is 46.4 Å². The molecule has 0 heterocycles. The molecule has 0 saturated carbocycles. The van der Waals surface area contributed by atoms with Gasteiger partial charge in [0.1, 0.15) is 0 Å². The third kappa shape index (κ3) is 5.55. The molecule has 9 heteroatoms. The summed E-state index contributed by atoms with van der Waals surface area (Å²) < 4.78 is 0. The quantitative estimate of drug-likeness (QED) is 0.416. The van der Waals surface area contributed by atoms with Gasteiger partial charge < -0.3 is 10.6 Å². The Labute approximate surface area is 187 Å². The molecule has 2 N–H and O–H groups in total. The first-order chi connectivity index (χ1) is 13.8. The average Bonchev–Trinajstić information content (AvgIpc) is 2.68. The molecular formula is C20H13Cl4N3O2. The molecule has 3 rings (SSSR count). The van der Waals surface area contributed by atoms with Crippen LogP contribution in [-0.4, -0.2) is 12.1 Å². The van der Waals surface area contributed by atoms with E-state index in [9.17, 15) is 9.59 Å². The van der Waals surface area contributed by atoms with Gasteiger partial charge in [0.05, 0.1) is 15.7 Å². The van der Waals surface area contributed by atoms with E-state index in [-0.39, 0.29) is 5.02 Å². The van der Waals surface area contributed by atoms with Crippen molar-refractivity contribution < 1.29 is 9.59 Å². The molecule has 0 fully saturated rings. The molecule has 0 bridgehead atoms. The highest BCUT2D eigenvalue weighted by Gasteiger charge is 2.24. The fraction of sp³-hybridized carbons (Fsp3) is 0. The van der Waals surface area contributed by atoms with Crippen molar-refractivity contribution in [2.24, 2.45) is 0 Å². The van der Waals surface area contributed by atoms with Crippen LogP contribution in [-0.2, 0) is 0 Å². The number of halogens is 4. The summed E-state index contributed by atoms with van der Waals surface area (Å²) in [5.41, 5.74) is 1.17. The molecule has 0 aliphatic heterocycles. The smallest absolute Gasteiger partial charge is 0.307 e. The Morgan fingerprint density at radius 3 is 1.66 bits per heavy atom. The van der Waals surface area contributed by atoms with Gasteiger partial charge in [-0.15, -0.1) is 0 Å². The van der Waals surface area contributed by atoms with Crippen molar-refractivity contribution in [2.45, 2.75) is 0 Å². The van der Waals surface area contributed by atoms with Crippen LogP contribution in [0.1, 0.15) is 0 Å². The Morgan fingerprint density at radius 2 is 1.10 bits per heavy atom. The fourth-order valence-corrected chi connectivity index (χ4v) is 2.93. The average molecular weight is 469 g/mol. The Hall–Kier alpha value is -2.44. The number of nitrogens with zero attached hydrogens (tertiary/aromatic N) is 1. The van der Waals surface area contributed by atoms with Gasteiger partial charge in [0, 0.05) is 21.4 Å². The molecule has 0 radical (unpaired) electrons. The third-order valence-corrected chi connectivity index (χ3v) is 5.00. The van der Waals surface area contributed by atoms with E-state index in [1.165, 1.54) is 6.07 Å². The van der Waals surface area contributed by atoms with Gasteiger partial charge in [-0.1, -0.05) is 46.4 Å². The number of rotatable bonds is 3. The van der Waals surface area contributed by atoms with E-state index in [0.717, 1.165) is 4.90 Å². The van der Waals surface area contributed by atoms with Crippen LogP contribution in [0.5, 0.6) is 0 Å². The van der Waals surface area contributed by atoms with Crippen LogP contribution < -0.4 is 15.5 Å². The molecule has 3 aromatic rings. The highest BCUT2D eigenvalue weighted by molar-refractivity contribution is 6.42. The largest absolute Gasteiger partial charge is 0.334 e. The van der Waals surface area contributed by atoms with Crippen molar-refractivity contribution >= 4 is 75.5 Å². The monoisotopic (exact) mass is 467 g/mol. The number of nitrogens with one attached hydrogen (secondary N) is 2. The zero-order chi connectivity index (χ0) is 21.0. The summed E-state index contributed by atoms with van der Waals surface area (Å²) in [5.74, 6) is 0. The second kappa shape index (κ2) is 9.37. The number of benzene rings is 3. The molecular weight excluding hydrogens is 456 g/mol. The van der Waals surface area contributed by atoms with Crippen molar-refractivity contribution in [1.82, 2.24) is 0 Å². The molecule has 5 nitrogen and oxygen atoms in total. The Kier molecular flexibility index (Phi) is 6.87. The topological polar surface area (TPSA) is 61.4 Å². The van der Waals surface area contributed by atoms with Crippen LogP contribution in [0.2, 0.25) is 20.1 Å². The van der Waals surface area contributed by atoms with E-state index >= 15 is 0 Å². The maximum Gasteiger partial charge on any atom is 0.334 e. The lowest BCUT2D eigenvalue weighted by atomic mass is 10.3. The van der Waals surface area contributed by atoms with Crippen LogP contribution in [0.25, 0.3) is 0 Å². The lowest BCUT2D eigenvalue weighted by Crippen LogP contribution is -2.42. The number of hydrogen-bond donors (Lipinski definition) is 2. The van der Waals surface area contributed by atoms with Gasteiger partial charge in [-0.05, 0) is 66.7 Å². The second-order valence-corrected chi connectivity index (χ2v) is 7.50. The number of urea groups is 2. The Balaban J connectivity index is 1.88. The minimum Gasteiger partial charge on any atom is -0.307 e.